The number of aromatic nitrogens is 1. The summed E-state index contributed by atoms with van der Waals surface area (Å²) >= 11 is 2.39. The molecule has 2 nitrogen and oxygen atoms in total. The smallest absolute Gasteiger partial charge is 0.0909 e. The molecule has 0 saturated carbocycles. The molecule has 1 saturated heterocycles. The Balaban J connectivity index is 2.19. The maximum Gasteiger partial charge on any atom is 0.0909 e. The number of halogens is 1. The van der Waals surface area contributed by atoms with E-state index in [0.717, 1.165) is 10.8 Å². The zero-order chi connectivity index (χ0) is 10.0. The molecule has 0 aromatic carbocycles. The summed E-state index contributed by atoms with van der Waals surface area (Å²) in [6.45, 7) is 2.18. The lowest BCUT2D eigenvalue weighted by Gasteiger charge is -2.24. The molecule has 3 heteroatoms. The summed E-state index contributed by atoms with van der Waals surface area (Å²) < 4.78 is 7.13. The minimum absolute atomic E-state index is 0.0845. The van der Waals surface area contributed by atoms with Crippen molar-refractivity contribution in [2.24, 2.45) is 0 Å². The second kappa shape index (κ2) is 4.14. The highest BCUT2D eigenvalue weighted by atomic mass is 127. The first-order chi connectivity index (χ1) is 6.74. The SMILES string of the molecule is CC1(c2ccncc2)CCC(CI)O1. The van der Waals surface area contributed by atoms with Gasteiger partial charge in [-0.25, -0.2) is 0 Å². The highest BCUT2D eigenvalue weighted by Gasteiger charge is 2.36. The molecule has 14 heavy (non-hydrogen) atoms. The van der Waals surface area contributed by atoms with Gasteiger partial charge in [-0.3, -0.25) is 4.98 Å². The highest BCUT2D eigenvalue weighted by Crippen LogP contribution is 2.38. The van der Waals surface area contributed by atoms with Crippen LogP contribution in [0.5, 0.6) is 0 Å². The van der Waals surface area contributed by atoms with Gasteiger partial charge in [-0.1, -0.05) is 22.6 Å². The molecule has 1 aromatic rings. The minimum atomic E-state index is -0.0845. The van der Waals surface area contributed by atoms with Crippen molar-refractivity contribution in [1.82, 2.24) is 4.98 Å². The molecule has 0 radical (unpaired) electrons. The minimum Gasteiger partial charge on any atom is -0.367 e. The van der Waals surface area contributed by atoms with Crippen molar-refractivity contribution in [1.29, 1.82) is 0 Å². The van der Waals surface area contributed by atoms with Crippen molar-refractivity contribution >= 4 is 22.6 Å². The normalized spacial score (nSPS) is 32.0. The standard InChI is InChI=1S/C11H14INO/c1-11(5-2-10(8-12)14-11)9-3-6-13-7-4-9/h3-4,6-7,10H,2,5,8H2,1H3. The van der Waals surface area contributed by atoms with Crippen LogP contribution in [0, 0.1) is 0 Å². The number of hydrogen-bond donors (Lipinski definition) is 0. The van der Waals surface area contributed by atoms with Crippen molar-refractivity contribution in [3.05, 3.63) is 30.1 Å². The fourth-order valence-electron chi connectivity index (χ4n) is 1.95. The van der Waals surface area contributed by atoms with E-state index in [9.17, 15) is 0 Å². The lowest BCUT2D eigenvalue weighted by Crippen LogP contribution is -2.22. The first-order valence-corrected chi connectivity index (χ1v) is 6.41. The summed E-state index contributed by atoms with van der Waals surface area (Å²) in [6.07, 6.45) is 6.38. The molecular formula is C11H14INO. The van der Waals surface area contributed by atoms with E-state index < -0.39 is 0 Å². The van der Waals surface area contributed by atoms with Crippen molar-refractivity contribution in [3.63, 3.8) is 0 Å². The van der Waals surface area contributed by atoms with Crippen LogP contribution in [0.15, 0.2) is 24.5 Å². The van der Waals surface area contributed by atoms with Crippen LogP contribution in [-0.2, 0) is 10.3 Å². The zero-order valence-electron chi connectivity index (χ0n) is 8.24. The molecule has 0 N–H and O–H groups in total. The molecule has 2 heterocycles. The van der Waals surface area contributed by atoms with Crippen LogP contribution in [0.25, 0.3) is 0 Å². The van der Waals surface area contributed by atoms with Gasteiger partial charge in [0, 0.05) is 16.8 Å². The second-order valence-corrected chi connectivity index (χ2v) is 4.78. The lowest BCUT2D eigenvalue weighted by molar-refractivity contribution is -0.0215. The van der Waals surface area contributed by atoms with Crippen LogP contribution in [0.4, 0.5) is 0 Å². The highest BCUT2D eigenvalue weighted by molar-refractivity contribution is 14.1. The number of nitrogens with zero attached hydrogens (tertiary/aromatic N) is 1. The van der Waals surface area contributed by atoms with Gasteiger partial charge < -0.3 is 4.74 Å². The van der Waals surface area contributed by atoms with E-state index in [1.54, 1.807) is 0 Å². The summed E-state index contributed by atoms with van der Waals surface area (Å²) in [6, 6.07) is 4.10. The van der Waals surface area contributed by atoms with Crippen molar-refractivity contribution in [2.75, 3.05) is 4.43 Å². The van der Waals surface area contributed by atoms with E-state index >= 15 is 0 Å². The molecule has 0 bridgehead atoms. The van der Waals surface area contributed by atoms with Crippen molar-refractivity contribution in [2.45, 2.75) is 31.5 Å². The number of hydrogen-bond acceptors (Lipinski definition) is 2. The lowest BCUT2D eigenvalue weighted by atomic mass is 9.94. The third-order valence-electron chi connectivity index (χ3n) is 2.83. The quantitative estimate of drug-likeness (QED) is 0.619. The molecule has 1 aliphatic heterocycles. The Morgan fingerprint density at radius 2 is 2.29 bits per heavy atom. The average Bonchev–Trinajstić information content (AvgIpc) is 2.63. The first kappa shape index (κ1) is 10.4. The Bertz CT molecular complexity index is 303. The fourth-order valence-corrected chi connectivity index (χ4v) is 2.57. The largest absolute Gasteiger partial charge is 0.367 e. The zero-order valence-corrected chi connectivity index (χ0v) is 10.4. The van der Waals surface area contributed by atoms with E-state index in [-0.39, 0.29) is 5.60 Å². The first-order valence-electron chi connectivity index (χ1n) is 4.89. The van der Waals surface area contributed by atoms with Gasteiger partial charge in [0.05, 0.1) is 11.7 Å². The molecule has 0 aliphatic carbocycles. The van der Waals surface area contributed by atoms with Gasteiger partial charge in [-0.2, -0.15) is 0 Å². The fraction of sp³-hybridized carbons (Fsp3) is 0.545. The van der Waals surface area contributed by atoms with Crippen molar-refractivity contribution in [3.8, 4) is 0 Å². The van der Waals surface area contributed by atoms with Gasteiger partial charge >= 0.3 is 0 Å². The van der Waals surface area contributed by atoms with Crippen molar-refractivity contribution < 1.29 is 4.74 Å². The van der Waals surface area contributed by atoms with E-state index in [4.69, 9.17) is 4.74 Å². The van der Waals surface area contributed by atoms with Gasteiger partial charge in [0.15, 0.2) is 0 Å². The molecule has 1 aromatic heterocycles. The van der Waals surface area contributed by atoms with E-state index in [1.807, 2.05) is 12.4 Å². The third-order valence-corrected chi connectivity index (χ3v) is 3.82. The maximum absolute atomic E-state index is 6.05. The number of rotatable bonds is 2. The van der Waals surface area contributed by atoms with E-state index in [1.165, 1.54) is 12.0 Å². The van der Waals surface area contributed by atoms with Crippen LogP contribution in [0.3, 0.4) is 0 Å². The van der Waals surface area contributed by atoms with Crippen LogP contribution in [-0.4, -0.2) is 15.5 Å². The number of ether oxygens (including phenoxy) is 1. The number of pyridine rings is 1. The van der Waals surface area contributed by atoms with E-state index in [0.29, 0.717) is 6.10 Å². The van der Waals surface area contributed by atoms with Gasteiger partial charge in [0.1, 0.15) is 0 Å². The second-order valence-electron chi connectivity index (χ2n) is 3.90. The molecule has 2 unspecified atom stereocenters. The molecule has 1 fully saturated rings. The van der Waals surface area contributed by atoms with Crippen LogP contribution in [0.1, 0.15) is 25.3 Å². The van der Waals surface area contributed by atoms with Crippen LogP contribution >= 0.6 is 22.6 Å². The van der Waals surface area contributed by atoms with Gasteiger partial charge in [-0.05, 0) is 37.5 Å². The Kier molecular flexibility index (Phi) is 3.07. The molecular weight excluding hydrogens is 289 g/mol. The summed E-state index contributed by atoms with van der Waals surface area (Å²) in [5, 5.41) is 0. The number of alkyl halides is 1. The molecule has 1 aliphatic rings. The predicted molar refractivity (Wildman–Crippen MR) is 64.6 cm³/mol. The third kappa shape index (κ3) is 1.93. The molecule has 2 atom stereocenters. The Morgan fingerprint density at radius 3 is 2.86 bits per heavy atom. The Morgan fingerprint density at radius 1 is 1.57 bits per heavy atom. The summed E-state index contributed by atoms with van der Waals surface area (Å²) in [5.41, 5.74) is 1.17. The van der Waals surface area contributed by atoms with Gasteiger partial charge in [0.2, 0.25) is 0 Å². The van der Waals surface area contributed by atoms with Crippen LogP contribution in [0.2, 0.25) is 0 Å². The maximum atomic E-state index is 6.05. The van der Waals surface area contributed by atoms with Crippen LogP contribution < -0.4 is 0 Å². The van der Waals surface area contributed by atoms with E-state index in [2.05, 4.69) is 46.6 Å². The predicted octanol–water partition coefficient (Wildman–Crippen LogP) is 2.91. The Labute approximate surface area is 98.2 Å². The molecule has 0 amide bonds. The molecule has 76 valence electrons. The summed E-state index contributed by atoms with van der Waals surface area (Å²) in [7, 11) is 0. The Hall–Kier alpha value is -0.160. The monoisotopic (exact) mass is 303 g/mol. The summed E-state index contributed by atoms with van der Waals surface area (Å²) in [5.74, 6) is 0. The average molecular weight is 303 g/mol. The van der Waals surface area contributed by atoms with Gasteiger partial charge in [-0.15, -0.1) is 0 Å². The molecule has 2 rings (SSSR count). The summed E-state index contributed by atoms with van der Waals surface area (Å²) in [4.78, 5) is 4.03. The van der Waals surface area contributed by atoms with Gasteiger partial charge in [0.25, 0.3) is 0 Å². The topological polar surface area (TPSA) is 22.1 Å². The molecule has 0 spiro atoms.